The van der Waals surface area contributed by atoms with Crippen LogP contribution >= 0.6 is 19.6 Å². The third-order valence-electron chi connectivity index (χ3n) is 5.23. The number of nitrogens with one attached hydrogen (secondary N) is 1. The van der Waals surface area contributed by atoms with E-state index in [-0.39, 0.29) is 49.3 Å². The number of ether oxygens (including phenoxy) is 2. The summed E-state index contributed by atoms with van der Waals surface area (Å²) >= 11 is 1.17. The number of rotatable bonds is 15. The van der Waals surface area contributed by atoms with Crippen molar-refractivity contribution in [2.75, 3.05) is 32.3 Å². The van der Waals surface area contributed by atoms with Crippen LogP contribution in [0.2, 0.25) is 0 Å². The first-order valence-corrected chi connectivity index (χ1v) is 14.8. The Morgan fingerprint density at radius 2 is 1.71 bits per heavy atom. The summed E-state index contributed by atoms with van der Waals surface area (Å²) in [5, 5.41) is 2.35. The predicted molar refractivity (Wildman–Crippen MR) is 139 cm³/mol. The van der Waals surface area contributed by atoms with E-state index in [0.717, 1.165) is 0 Å². The standard InChI is InChI=1S/C24H40NO11PS/c1-17(26)38-14-8-10-18(27)9-7-11-19(28)20-24(5,6)15-34-37(31,36-20)35-16-33-22(30)25-12-13-32-21(29)23(2,3)4/h20H,7-16H2,1-6H3,(H,25,30)/t20-,37?/m0/s1. The topological polar surface area (TPSA) is 161 Å². The molecule has 0 aromatic heterocycles. The number of hydrogen-bond donors (Lipinski definition) is 1. The quantitative estimate of drug-likeness (QED) is 0.127. The zero-order valence-corrected chi connectivity index (χ0v) is 24.7. The van der Waals surface area contributed by atoms with Crippen LogP contribution in [0.25, 0.3) is 0 Å². The molecule has 1 N–H and O–H groups in total. The van der Waals surface area contributed by atoms with Gasteiger partial charge in [-0.15, -0.1) is 0 Å². The van der Waals surface area contributed by atoms with Crippen molar-refractivity contribution in [2.45, 2.75) is 79.8 Å². The van der Waals surface area contributed by atoms with Gasteiger partial charge >= 0.3 is 19.9 Å². The highest BCUT2D eigenvalue weighted by Crippen LogP contribution is 2.57. The molecule has 0 bridgehead atoms. The van der Waals surface area contributed by atoms with Crippen molar-refractivity contribution in [2.24, 2.45) is 10.8 Å². The molecule has 0 radical (unpaired) electrons. The molecule has 0 spiro atoms. The van der Waals surface area contributed by atoms with E-state index in [4.69, 9.17) is 23.0 Å². The van der Waals surface area contributed by atoms with E-state index in [9.17, 15) is 28.5 Å². The molecule has 0 aromatic carbocycles. The van der Waals surface area contributed by atoms with Gasteiger partial charge in [0.2, 0.25) is 6.79 Å². The Balaban J connectivity index is 2.41. The lowest BCUT2D eigenvalue weighted by atomic mass is 9.84. The highest BCUT2D eigenvalue weighted by Gasteiger charge is 2.48. The molecule has 1 rings (SSSR count). The van der Waals surface area contributed by atoms with Gasteiger partial charge in [0.15, 0.2) is 10.9 Å². The number of phosphoric ester groups is 1. The molecular formula is C24H40NO11PS. The Labute approximate surface area is 228 Å². The number of carbonyl (C=O) groups excluding carboxylic acids is 5. The van der Waals surface area contributed by atoms with E-state index in [1.165, 1.54) is 18.7 Å². The van der Waals surface area contributed by atoms with E-state index in [1.54, 1.807) is 34.6 Å². The SMILES string of the molecule is CC(=O)SCCCC(=O)CCCC(=O)[C@@H]1OP(=O)(OCOC(=O)NCCOC(=O)C(C)(C)C)OCC1(C)C. The van der Waals surface area contributed by atoms with Gasteiger partial charge in [-0.3, -0.25) is 28.2 Å². The van der Waals surface area contributed by atoms with E-state index in [2.05, 4.69) is 5.32 Å². The zero-order valence-electron chi connectivity index (χ0n) is 23.0. The number of hydrogen-bond acceptors (Lipinski definition) is 12. The van der Waals surface area contributed by atoms with Crippen LogP contribution in [0.3, 0.4) is 0 Å². The second-order valence-corrected chi connectivity index (χ2v) is 13.4. The van der Waals surface area contributed by atoms with Gasteiger partial charge < -0.3 is 14.8 Å². The molecule has 12 nitrogen and oxygen atoms in total. The number of thioether (sulfide) groups is 1. The third kappa shape index (κ3) is 13.3. The predicted octanol–water partition coefficient (Wildman–Crippen LogP) is 4.19. The number of ketones is 2. The lowest BCUT2D eigenvalue weighted by Crippen LogP contribution is -2.45. The van der Waals surface area contributed by atoms with Gasteiger partial charge in [0, 0.05) is 37.4 Å². The minimum atomic E-state index is -4.19. The van der Waals surface area contributed by atoms with Crippen molar-refractivity contribution < 1.29 is 51.6 Å². The summed E-state index contributed by atoms with van der Waals surface area (Å²) in [6.07, 6.45) is -0.500. The number of esters is 1. The molecule has 1 heterocycles. The van der Waals surface area contributed by atoms with Crippen LogP contribution in [-0.4, -0.2) is 67.2 Å². The van der Waals surface area contributed by atoms with Crippen LogP contribution in [0, 0.1) is 10.8 Å². The maximum atomic E-state index is 12.9. The van der Waals surface area contributed by atoms with Gasteiger partial charge in [-0.1, -0.05) is 25.6 Å². The second-order valence-electron chi connectivity index (χ2n) is 10.5. The van der Waals surface area contributed by atoms with E-state index < -0.39 is 43.6 Å². The van der Waals surface area contributed by atoms with Gasteiger partial charge in [0.05, 0.1) is 18.6 Å². The highest BCUT2D eigenvalue weighted by atomic mass is 32.2. The lowest BCUT2D eigenvalue weighted by molar-refractivity contribution is -0.152. The van der Waals surface area contributed by atoms with Crippen molar-refractivity contribution in [1.82, 2.24) is 5.32 Å². The average Bonchev–Trinajstić information content (AvgIpc) is 2.80. The smallest absolute Gasteiger partial charge is 0.463 e. The Kier molecular flexibility index (Phi) is 14.2. The molecule has 1 amide bonds. The number of phosphoric acid groups is 1. The van der Waals surface area contributed by atoms with Crippen LogP contribution < -0.4 is 5.32 Å². The largest absolute Gasteiger partial charge is 0.478 e. The van der Waals surface area contributed by atoms with Gasteiger partial charge in [-0.2, -0.15) is 0 Å². The molecule has 1 saturated heterocycles. The molecule has 1 unspecified atom stereocenters. The first kappa shape index (κ1) is 34.2. The van der Waals surface area contributed by atoms with Crippen molar-refractivity contribution in [1.29, 1.82) is 0 Å². The van der Waals surface area contributed by atoms with Gasteiger partial charge in [0.25, 0.3) is 0 Å². The van der Waals surface area contributed by atoms with Crippen molar-refractivity contribution in [3.8, 4) is 0 Å². The molecule has 1 aliphatic rings. The molecule has 2 atom stereocenters. The van der Waals surface area contributed by atoms with Crippen LogP contribution in [-0.2, 0) is 46.8 Å². The van der Waals surface area contributed by atoms with E-state index in [1.807, 2.05) is 0 Å². The summed E-state index contributed by atoms with van der Waals surface area (Å²) in [5.74, 6) is -0.173. The molecule has 0 aromatic rings. The summed E-state index contributed by atoms with van der Waals surface area (Å²) in [5.41, 5.74) is -1.46. The maximum absolute atomic E-state index is 12.9. The average molecular weight is 582 g/mol. The van der Waals surface area contributed by atoms with E-state index >= 15 is 0 Å². The molecular weight excluding hydrogens is 541 g/mol. The summed E-state index contributed by atoms with van der Waals surface area (Å²) in [4.78, 5) is 59.2. The fourth-order valence-corrected chi connectivity index (χ4v) is 5.20. The Morgan fingerprint density at radius 3 is 2.34 bits per heavy atom. The van der Waals surface area contributed by atoms with Gasteiger partial charge in [0.1, 0.15) is 18.5 Å². The van der Waals surface area contributed by atoms with Crippen LogP contribution in [0.5, 0.6) is 0 Å². The first-order valence-electron chi connectivity index (χ1n) is 12.4. The van der Waals surface area contributed by atoms with E-state index in [0.29, 0.717) is 25.0 Å². The Bertz CT molecular complexity index is 900. The second kappa shape index (κ2) is 15.7. The zero-order chi connectivity index (χ0) is 29.0. The molecule has 38 heavy (non-hydrogen) atoms. The monoisotopic (exact) mass is 581 g/mol. The maximum Gasteiger partial charge on any atom is 0.478 e. The van der Waals surface area contributed by atoms with Gasteiger partial charge in [-0.05, 0) is 33.6 Å². The summed E-state index contributed by atoms with van der Waals surface area (Å²) in [6, 6.07) is 0. The lowest BCUT2D eigenvalue weighted by Gasteiger charge is -2.39. The summed E-state index contributed by atoms with van der Waals surface area (Å²) in [6.45, 7) is 9.09. The fourth-order valence-electron chi connectivity index (χ4n) is 3.10. The molecule has 0 aliphatic carbocycles. The summed E-state index contributed by atoms with van der Waals surface area (Å²) < 4.78 is 38.3. The van der Waals surface area contributed by atoms with Crippen LogP contribution in [0.1, 0.15) is 73.6 Å². The highest BCUT2D eigenvalue weighted by molar-refractivity contribution is 8.13. The molecule has 0 saturated carbocycles. The molecule has 14 heteroatoms. The third-order valence-corrected chi connectivity index (χ3v) is 7.47. The summed E-state index contributed by atoms with van der Waals surface area (Å²) in [7, 11) is -4.19. The van der Waals surface area contributed by atoms with Gasteiger partial charge in [-0.25, -0.2) is 13.9 Å². The molecule has 218 valence electrons. The number of alkyl carbamates (subject to hydrolysis) is 1. The fraction of sp³-hybridized carbons (Fsp3) is 0.792. The van der Waals surface area contributed by atoms with Crippen molar-refractivity contribution in [3.05, 3.63) is 0 Å². The number of Topliss-reactive ketones (excluding diaryl/α,β-unsaturated/α-hetero) is 2. The van der Waals surface area contributed by atoms with Crippen molar-refractivity contribution >= 4 is 48.3 Å². The molecule has 1 fully saturated rings. The Morgan fingerprint density at radius 1 is 1.05 bits per heavy atom. The normalized spacial score (nSPS) is 20.8. The Hall–Kier alpha value is -1.79. The molecule has 1 aliphatic heterocycles. The number of amides is 1. The first-order chi connectivity index (χ1) is 17.6. The van der Waals surface area contributed by atoms with Crippen LogP contribution in [0.15, 0.2) is 0 Å². The van der Waals surface area contributed by atoms with Crippen molar-refractivity contribution in [3.63, 3.8) is 0 Å². The number of carbonyl (C=O) groups is 5. The minimum absolute atomic E-state index is 0.00401. The minimum Gasteiger partial charge on any atom is -0.463 e. The van der Waals surface area contributed by atoms with Crippen LogP contribution in [0.4, 0.5) is 4.79 Å².